The number of unbranched alkanes of at least 4 members (excludes halogenated alkanes) is 3. The van der Waals surface area contributed by atoms with Crippen molar-refractivity contribution in [2.45, 2.75) is 58.4 Å². The topological polar surface area (TPSA) is 29.9 Å². The number of rotatable bonds is 8. The molecule has 0 bridgehead atoms. The molecular weight excluding hydrogens is 210 g/mol. The van der Waals surface area contributed by atoms with Gasteiger partial charge in [-0.25, -0.2) is 0 Å². The predicted octanol–water partition coefficient (Wildman–Crippen LogP) is 3.21. The molecule has 17 heavy (non-hydrogen) atoms. The van der Waals surface area contributed by atoms with E-state index in [2.05, 4.69) is 37.5 Å². The Morgan fingerprint density at radius 3 is 2.65 bits per heavy atom. The molecule has 0 aliphatic carbocycles. The Bertz CT molecular complexity index is 317. The number of nitrogens with one attached hydrogen (secondary N) is 1. The highest BCUT2D eigenvalue weighted by Crippen LogP contribution is 2.22. The molecule has 3 nitrogen and oxygen atoms in total. The molecule has 1 N–H and O–H groups in total. The van der Waals surface area contributed by atoms with Crippen molar-refractivity contribution in [2.24, 2.45) is 7.05 Å². The lowest BCUT2D eigenvalue weighted by Crippen LogP contribution is -2.17. The Balaban J connectivity index is 2.59. The normalized spacial score (nSPS) is 12.9. The molecule has 0 amide bonds. The minimum atomic E-state index is 0.468. The fourth-order valence-corrected chi connectivity index (χ4v) is 2.35. The molecule has 0 spiro atoms. The largest absolute Gasteiger partial charge is 0.313 e. The van der Waals surface area contributed by atoms with Gasteiger partial charge in [-0.3, -0.25) is 4.68 Å². The lowest BCUT2D eigenvalue weighted by molar-refractivity contribution is 0.502. The molecule has 0 aromatic carbocycles. The molecule has 0 radical (unpaired) electrons. The summed E-state index contributed by atoms with van der Waals surface area (Å²) in [5, 5.41) is 7.95. The van der Waals surface area contributed by atoms with E-state index in [1.807, 2.05) is 11.7 Å². The van der Waals surface area contributed by atoms with Crippen LogP contribution in [-0.2, 0) is 13.5 Å². The molecule has 1 aromatic rings. The van der Waals surface area contributed by atoms with Gasteiger partial charge in [0, 0.05) is 24.8 Å². The summed E-state index contributed by atoms with van der Waals surface area (Å²) < 4.78 is 1.94. The van der Waals surface area contributed by atoms with Gasteiger partial charge in [-0.05, 0) is 19.9 Å². The SMILES string of the molecule is CCCCCCC(NC)c1cn(C)nc1CC. The first kappa shape index (κ1) is 14.2. The van der Waals surface area contributed by atoms with Crippen molar-refractivity contribution in [2.75, 3.05) is 7.05 Å². The summed E-state index contributed by atoms with van der Waals surface area (Å²) in [5.41, 5.74) is 2.62. The molecule has 0 saturated heterocycles. The average Bonchev–Trinajstić information content (AvgIpc) is 2.70. The molecule has 0 saturated carbocycles. The molecule has 98 valence electrons. The van der Waals surface area contributed by atoms with Crippen LogP contribution in [0.2, 0.25) is 0 Å². The van der Waals surface area contributed by atoms with Crippen molar-refractivity contribution < 1.29 is 0 Å². The Morgan fingerprint density at radius 2 is 2.06 bits per heavy atom. The summed E-state index contributed by atoms with van der Waals surface area (Å²) in [6.07, 6.45) is 9.70. The minimum absolute atomic E-state index is 0.468. The molecule has 0 aliphatic heterocycles. The van der Waals surface area contributed by atoms with Crippen molar-refractivity contribution in [1.29, 1.82) is 0 Å². The van der Waals surface area contributed by atoms with Crippen LogP contribution < -0.4 is 5.32 Å². The van der Waals surface area contributed by atoms with Crippen molar-refractivity contribution >= 4 is 0 Å². The Morgan fingerprint density at radius 1 is 1.29 bits per heavy atom. The van der Waals surface area contributed by atoms with Crippen LogP contribution in [0.5, 0.6) is 0 Å². The minimum Gasteiger partial charge on any atom is -0.313 e. The first-order chi connectivity index (χ1) is 8.22. The van der Waals surface area contributed by atoms with Gasteiger partial charge in [0.1, 0.15) is 0 Å². The summed E-state index contributed by atoms with van der Waals surface area (Å²) in [5.74, 6) is 0. The van der Waals surface area contributed by atoms with E-state index < -0.39 is 0 Å². The van der Waals surface area contributed by atoms with Crippen LogP contribution in [0.4, 0.5) is 0 Å². The third-order valence-corrected chi connectivity index (χ3v) is 3.34. The molecule has 1 heterocycles. The zero-order valence-electron chi connectivity index (χ0n) is 11.8. The van der Waals surface area contributed by atoms with E-state index in [0.29, 0.717) is 6.04 Å². The molecule has 1 atom stereocenters. The lowest BCUT2D eigenvalue weighted by Gasteiger charge is -2.15. The lowest BCUT2D eigenvalue weighted by atomic mass is 10.00. The highest BCUT2D eigenvalue weighted by Gasteiger charge is 2.15. The van der Waals surface area contributed by atoms with Crippen LogP contribution in [0, 0.1) is 0 Å². The summed E-state index contributed by atoms with van der Waals surface area (Å²) >= 11 is 0. The van der Waals surface area contributed by atoms with E-state index in [1.54, 1.807) is 0 Å². The van der Waals surface area contributed by atoms with E-state index in [-0.39, 0.29) is 0 Å². The molecule has 3 heteroatoms. The highest BCUT2D eigenvalue weighted by atomic mass is 15.3. The zero-order valence-corrected chi connectivity index (χ0v) is 11.8. The number of aromatic nitrogens is 2. The first-order valence-corrected chi connectivity index (χ1v) is 6.92. The van der Waals surface area contributed by atoms with Gasteiger partial charge in [-0.2, -0.15) is 5.10 Å². The summed E-state index contributed by atoms with van der Waals surface area (Å²) in [6, 6.07) is 0.468. The second kappa shape index (κ2) is 7.49. The van der Waals surface area contributed by atoms with Crippen molar-refractivity contribution in [3.63, 3.8) is 0 Å². The molecule has 1 rings (SSSR count). The average molecular weight is 237 g/mol. The van der Waals surface area contributed by atoms with Crippen LogP contribution in [0.15, 0.2) is 6.20 Å². The molecule has 0 aliphatic rings. The van der Waals surface area contributed by atoms with Gasteiger partial charge in [-0.1, -0.05) is 39.5 Å². The quantitative estimate of drug-likeness (QED) is 0.704. The van der Waals surface area contributed by atoms with Gasteiger partial charge in [0.15, 0.2) is 0 Å². The van der Waals surface area contributed by atoms with Crippen LogP contribution in [-0.4, -0.2) is 16.8 Å². The van der Waals surface area contributed by atoms with E-state index in [4.69, 9.17) is 0 Å². The third-order valence-electron chi connectivity index (χ3n) is 3.34. The van der Waals surface area contributed by atoms with Crippen LogP contribution in [0.1, 0.15) is 63.3 Å². The smallest absolute Gasteiger partial charge is 0.0669 e. The van der Waals surface area contributed by atoms with Crippen molar-refractivity contribution in [3.8, 4) is 0 Å². The fraction of sp³-hybridized carbons (Fsp3) is 0.786. The zero-order chi connectivity index (χ0) is 12.7. The van der Waals surface area contributed by atoms with E-state index in [9.17, 15) is 0 Å². The van der Waals surface area contributed by atoms with E-state index in [1.165, 1.54) is 43.4 Å². The summed E-state index contributed by atoms with van der Waals surface area (Å²) in [6.45, 7) is 4.43. The Kier molecular flexibility index (Phi) is 6.27. The van der Waals surface area contributed by atoms with Crippen LogP contribution in [0.25, 0.3) is 0 Å². The maximum Gasteiger partial charge on any atom is 0.0669 e. The molecule has 1 aromatic heterocycles. The maximum atomic E-state index is 4.52. The fourth-order valence-electron chi connectivity index (χ4n) is 2.35. The van der Waals surface area contributed by atoms with Crippen molar-refractivity contribution in [1.82, 2.24) is 15.1 Å². The number of nitrogens with zero attached hydrogens (tertiary/aromatic N) is 2. The Labute approximate surface area is 106 Å². The van der Waals surface area contributed by atoms with Crippen molar-refractivity contribution in [3.05, 3.63) is 17.5 Å². The second-order valence-corrected chi connectivity index (χ2v) is 4.75. The highest BCUT2D eigenvalue weighted by molar-refractivity contribution is 5.21. The predicted molar refractivity (Wildman–Crippen MR) is 73.1 cm³/mol. The van der Waals surface area contributed by atoms with Gasteiger partial charge in [0.25, 0.3) is 0 Å². The molecule has 1 unspecified atom stereocenters. The monoisotopic (exact) mass is 237 g/mol. The van der Waals surface area contributed by atoms with Gasteiger partial charge in [0.05, 0.1) is 5.69 Å². The van der Waals surface area contributed by atoms with Crippen LogP contribution >= 0.6 is 0 Å². The van der Waals surface area contributed by atoms with Gasteiger partial charge in [0.2, 0.25) is 0 Å². The maximum absolute atomic E-state index is 4.52. The Hall–Kier alpha value is -0.830. The van der Waals surface area contributed by atoms with Crippen LogP contribution in [0.3, 0.4) is 0 Å². The molecule has 0 fully saturated rings. The standard InChI is InChI=1S/C14H27N3/c1-5-7-8-9-10-14(15-3)12-11-17(4)16-13(12)6-2/h11,14-15H,5-10H2,1-4H3. The summed E-state index contributed by atoms with van der Waals surface area (Å²) in [4.78, 5) is 0. The first-order valence-electron chi connectivity index (χ1n) is 6.92. The summed E-state index contributed by atoms with van der Waals surface area (Å²) in [7, 11) is 4.06. The van der Waals surface area contributed by atoms with E-state index in [0.717, 1.165) is 6.42 Å². The number of aryl methyl sites for hydroxylation is 2. The van der Waals surface area contributed by atoms with Gasteiger partial charge < -0.3 is 5.32 Å². The number of hydrogen-bond acceptors (Lipinski definition) is 2. The van der Waals surface area contributed by atoms with Gasteiger partial charge in [-0.15, -0.1) is 0 Å². The number of hydrogen-bond donors (Lipinski definition) is 1. The van der Waals surface area contributed by atoms with E-state index >= 15 is 0 Å². The molecular formula is C14H27N3. The third kappa shape index (κ3) is 4.15. The second-order valence-electron chi connectivity index (χ2n) is 4.75. The van der Waals surface area contributed by atoms with Gasteiger partial charge >= 0.3 is 0 Å².